The van der Waals surface area contributed by atoms with E-state index in [-0.39, 0.29) is 11.9 Å². The van der Waals surface area contributed by atoms with Crippen LogP contribution in [0.15, 0.2) is 49.1 Å². The van der Waals surface area contributed by atoms with E-state index >= 15 is 0 Å². The molecule has 0 heterocycles. The lowest BCUT2D eigenvalue weighted by Crippen LogP contribution is -2.31. The van der Waals surface area contributed by atoms with Gasteiger partial charge in [0.25, 0.3) is 0 Å². The van der Waals surface area contributed by atoms with E-state index < -0.39 is 0 Å². The van der Waals surface area contributed by atoms with Crippen molar-refractivity contribution >= 4 is 0 Å². The largest absolute Gasteiger partial charge is 0.478 e. The van der Waals surface area contributed by atoms with E-state index in [1.54, 1.807) is 19.2 Å². The Bertz CT molecular complexity index is 445. The predicted molar refractivity (Wildman–Crippen MR) is 74.3 cm³/mol. The number of hydrogen-bond acceptors (Lipinski definition) is 4. The van der Waals surface area contributed by atoms with Crippen LogP contribution in [-0.2, 0) is 11.2 Å². The quantitative estimate of drug-likeness (QED) is 0.734. The monoisotopic (exact) mass is 265 g/mol. The highest BCUT2D eigenvalue weighted by Crippen LogP contribution is 2.08. The maximum Gasteiger partial charge on any atom is 0.187 e. The Kier molecular flexibility index (Phi) is 5.38. The zero-order valence-electron chi connectivity index (χ0n) is 11.1. The second kappa shape index (κ2) is 6.80. The summed E-state index contributed by atoms with van der Waals surface area (Å²) >= 11 is 0. The average Bonchev–Trinajstić information content (AvgIpc) is 2.37. The molecule has 0 fully saturated rings. The molecular formula is C14H20FN3O. The first-order chi connectivity index (χ1) is 8.90. The van der Waals surface area contributed by atoms with Gasteiger partial charge in [-0.15, -0.1) is 0 Å². The molecule has 0 radical (unpaired) electrons. The maximum atomic E-state index is 12.7. The first-order valence-corrected chi connectivity index (χ1v) is 5.90. The summed E-state index contributed by atoms with van der Waals surface area (Å²) in [6.07, 6.45) is 0.598. The van der Waals surface area contributed by atoms with Gasteiger partial charge in [0.15, 0.2) is 5.88 Å². The third kappa shape index (κ3) is 5.01. The van der Waals surface area contributed by atoms with Crippen LogP contribution in [-0.4, -0.2) is 24.6 Å². The van der Waals surface area contributed by atoms with E-state index in [4.69, 9.17) is 16.2 Å². The summed E-state index contributed by atoms with van der Waals surface area (Å²) < 4.78 is 18.2. The molecule has 5 heteroatoms. The Labute approximate surface area is 113 Å². The SMILES string of the molecule is C=C(N)N(C)C(=C)OCC(N)Cc1ccc(F)cc1. The van der Waals surface area contributed by atoms with Crippen molar-refractivity contribution in [3.63, 3.8) is 0 Å². The van der Waals surface area contributed by atoms with E-state index in [2.05, 4.69) is 13.2 Å². The fourth-order valence-corrected chi connectivity index (χ4v) is 1.44. The second-order valence-corrected chi connectivity index (χ2v) is 4.35. The van der Waals surface area contributed by atoms with Crippen molar-refractivity contribution in [2.45, 2.75) is 12.5 Å². The molecular weight excluding hydrogens is 245 g/mol. The van der Waals surface area contributed by atoms with E-state index in [1.807, 2.05) is 0 Å². The molecule has 4 nitrogen and oxygen atoms in total. The van der Waals surface area contributed by atoms with Crippen LogP contribution in [0.25, 0.3) is 0 Å². The van der Waals surface area contributed by atoms with Gasteiger partial charge in [0.05, 0.1) is 5.82 Å². The standard InChI is InChI=1S/C14H20FN3O/c1-10(16)18(3)11(2)19-9-14(17)8-12-4-6-13(15)7-5-12/h4-7,14H,1-2,8-9,16-17H2,3H3. The normalized spacial score (nSPS) is 11.7. The van der Waals surface area contributed by atoms with Gasteiger partial charge in [0.1, 0.15) is 12.4 Å². The van der Waals surface area contributed by atoms with E-state index in [9.17, 15) is 4.39 Å². The summed E-state index contributed by atoms with van der Waals surface area (Å²) in [6.45, 7) is 7.60. The van der Waals surface area contributed by atoms with Gasteiger partial charge in [-0.05, 0) is 30.7 Å². The van der Waals surface area contributed by atoms with Crippen LogP contribution < -0.4 is 11.5 Å². The van der Waals surface area contributed by atoms with Crippen molar-refractivity contribution in [3.8, 4) is 0 Å². The highest BCUT2D eigenvalue weighted by molar-refractivity contribution is 5.17. The van der Waals surface area contributed by atoms with Crippen molar-refractivity contribution < 1.29 is 9.13 Å². The van der Waals surface area contributed by atoms with Gasteiger partial charge in [0.2, 0.25) is 0 Å². The van der Waals surface area contributed by atoms with Crippen molar-refractivity contribution in [3.05, 3.63) is 60.5 Å². The summed E-state index contributed by atoms with van der Waals surface area (Å²) in [5.74, 6) is 0.476. The van der Waals surface area contributed by atoms with Gasteiger partial charge >= 0.3 is 0 Å². The lowest BCUT2D eigenvalue weighted by Gasteiger charge is -2.22. The zero-order chi connectivity index (χ0) is 14.4. The maximum absolute atomic E-state index is 12.7. The zero-order valence-corrected chi connectivity index (χ0v) is 11.1. The third-order valence-electron chi connectivity index (χ3n) is 2.68. The molecule has 0 aromatic heterocycles. The van der Waals surface area contributed by atoms with Crippen molar-refractivity contribution in [1.82, 2.24) is 4.90 Å². The van der Waals surface area contributed by atoms with E-state index in [0.29, 0.717) is 24.7 Å². The minimum Gasteiger partial charge on any atom is -0.478 e. The summed E-state index contributed by atoms with van der Waals surface area (Å²) in [6, 6.07) is 6.03. The number of benzene rings is 1. The number of nitrogens with two attached hydrogens (primary N) is 2. The third-order valence-corrected chi connectivity index (χ3v) is 2.68. The Morgan fingerprint density at radius 2 is 1.95 bits per heavy atom. The first kappa shape index (κ1) is 15.0. The molecule has 104 valence electrons. The first-order valence-electron chi connectivity index (χ1n) is 5.90. The highest BCUT2D eigenvalue weighted by atomic mass is 19.1. The molecule has 19 heavy (non-hydrogen) atoms. The molecule has 1 unspecified atom stereocenters. The summed E-state index contributed by atoms with van der Waals surface area (Å²) in [7, 11) is 1.70. The smallest absolute Gasteiger partial charge is 0.187 e. The van der Waals surface area contributed by atoms with Gasteiger partial charge in [-0.3, -0.25) is 0 Å². The van der Waals surface area contributed by atoms with Crippen LogP contribution in [0, 0.1) is 5.82 Å². The van der Waals surface area contributed by atoms with Crippen LogP contribution in [0.3, 0.4) is 0 Å². The molecule has 0 aliphatic heterocycles. The topological polar surface area (TPSA) is 64.5 Å². The van der Waals surface area contributed by atoms with Crippen molar-refractivity contribution in [1.29, 1.82) is 0 Å². The number of ether oxygens (including phenoxy) is 1. The molecule has 1 aromatic carbocycles. The van der Waals surface area contributed by atoms with Gasteiger partial charge in [-0.2, -0.15) is 0 Å². The van der Waals surface area contributed by atoms with Crippen molar-refractivity contribution in [2.75, 3.05) is 13.7 Å². The van der Waals surface area contributed by atoms with Crippen LogP contribution in [0.1, 0.15) is 5.56 Å². The Morgan fingerprint density at radius 1 is 1.37 bits per heavy atom. The second-order valence-electron chi connectivity index (χ2n) is 4.35. The molecule has 1 rings (SSSR count). The molecule has 1 atom stereocenters. The Hall–Kier alpha value is -2.01. The van der Waals surface area contributed by atoms with Crippen LogP contribution in [0.5, 0.6) is 0 Å². The van der Waals surface area contributed by atoms with Gasteiger partial charge < -0.3 is 21.1 Å². The van der Waals surface area contributed by atoms with Crippen LogP contribution in [0.4, 0.5) is 4.39 Å². The average molecular weight is 265 g/mol. The minimum atomic E-state index is -0.259. The van der Waals surface area contributed by atoms with Gasteiger partial charge in [-0.25, -0.2) is 4.39 Å². The fraction of sp³-hybridized carbons (Fsp3) is 0.286. The lowest BCUT2D eigenvalue weighted by atomic mass is 10.1. The Balaban J connectivity index is 2.39. The molecule has 0 aliphatic carbocycles. The molecule has 0 amide bonds. The molecule has 0 bridgehead atoms. The molecule has 0 saturated heterocycles. The van der Waals surface area contributed by atoms with Crippen molar-refractivity contribution in [2.24, 2.45) is 11.5 Å². The summed E-state index contributed by atoms with van der Waals surface area (Å²) in [5, 5.41) is 0. The fourth-order valence-electron chi connectivity index (χ4n) is 1.44. The number of nitrogens with zero attached hydrogens (tertiary/aromatic N) is 1. The molecule has 0 spiro atoms. The minimum absolute atomic E-state index is 0.207. The highest BCUT2D eigenvalue weighted by Gasteiger charge is 2.09. The summed E-state index contributed by atoms with van der Waals surface area (Å²) in [4.78, 5) is 1.53. The molecule has 0 saturated carbocycles. The van der Waals surface area contributed by atoms with Gasteiger partial charge in [0, 0.05) is 13.1 Å². The molecule has 4 N–H and O–H groups in total. The van der Waals surface area contributed by atoms with E-state index in [1.165, 1.54) is 17.0 Å². The summed E-state index contributed by atoms with van der Waals surface area (Å²) in [5.41, 5.74) is 12.4. The van der Waals surface area contributed by atoms with Crippen LogP contribution >= 0.6 is 0 Å². The van der Waals surface area contributed by atoms with E-state index in [0.717, 1.165) is 5.56 Å². The van der Waals surface area contributed by atoms with Gasteiger partial charge in [-0.1, -0.05) is 18.7 Å². The Morgan fingerprint density at radius 3 is 2.47 bits per heavy atom. The molecule has 0 aliphatic rings. The lowest BCUT2D eigenvalue weighted by molar-refractivity contribution is 0.133. The van der Waals surface area contributed by atoms with Crippen LogP contribution in [0.2, 0.25) is 0 Å². The number of rotatable bonds is 7. The number of hydrogen-bond donors (Lipinski definition) is 2. The predicted octanol–water partition coefficient (Wildman–Crippen LogP) is 1.54. The number of halogens is 1. The molecule has 1 aromatic rings.